The van der Waals surface area contributed by atoms with Gasteiger partial charge in [-0.3, -0.25) is 4.90 Å². The van der Waals surface area contributed by atoms with E-state index in [1.807, 2.05) is 0 Å². The van der Waals surface area contributed by atoms with Crippen LogP contribution < -0.4 is 5.32 Å². The average molecular weight is 211 g/mol. The smallest absolute Gasteiger partial charge is 0.0221 e. The zero-order chi connectivity index (χ0) is 10.9. The SMILES string of the molecule is [CH2]CCCCCC1CNCCN1CCC. The van der Waals surface area contributed by atoms with Crippen LogP contribution in [0.1, 0.15) is 45.4 Å². The molecule has 1 aliphatic heterocycles. The number of rotatable bonds is 7. The molecule has 1 unspecified atom stereocenters. The lowest BCUT2D eigenvalue weighted by Crippen LogP contribution is -2.51. The quantitative estimate of drug-likeness (QED) is 0.651. The van der Waals surface area contributed by atoms with Crippen molar-refractivity contribution < 1.29 is 0 Å². The highest BCUT2D eigenvalue weighted by molar-refractivity contribution is 4.79. The van der Waals surface area contributed by atoms with Crippen molar-refractivity contribution >= 4 is 0 Å². The largest absolute Gasteiger partial charge is 0.314 e. The molecule has 89 valence electrons. The van der Waals surface area contributed by atoms with E-state index in [0.29, 0.717) is 0 Å². The first-order valence-electron chi connectivity index (χ1n) is 6.62. The summed E-state index contributed by atoms with van der Waals surface area (Å²) in [5, 5.41) is 3.51. The first-order chi connectivity index (χ1) is 7.38. The van der Waals surface area contributed by atoms with Crippen molar-refractivity contribution in [2.45, 2.75) is 51.5 Å². The molecule has 0 spiro atoms. The summed E-state index contributed by atoms with van der Waals surface area (Å²) in [7, 11) is 0. The lowest BCUT2D eigenvalue weighted by molar-refractivity contribution is 0.150. The van der Waals surface area contributed by atoms with Gasteiger partial charge in [-0.1, -0.05) is 39.5 Å². The van der Waals surface area contributed by atoms with Crippen LogP contribution in [0.15, 0.2) is 0 Å². The van der Waals surface area contributed by atoms with Crippen molar-refractivity contribution in [2.24, 2.45) is 0 Å². The van der Waals surface area contributed by atoms with Gasteiger partial charge in [-0.25, -0.2) is 0 Å². The van der Waals surface area contributed by atoms with E-state index in [1.165, 1.54) is 58.3 Å². The third-order valence-electron chi connectivity index (χ3n) is 3.27. The molecule has 1 radical (unpaired) electrons. The monoisotopic (exact) mass is 211 g/mol. The van der Waals surface area contributed by atoms with E-state index in [9.17, 15) is 0 Å². The molecule has 2 nitrogen and oxygen atoms in total. The summed E-state index contributed by atoms with van der Waals surface area (Å²) in [5.41, 5.74) is 0. The number of piperazine rings is 1. The van der Waals surface area contributed by atoms with E-state index in [0.717, 1.165) is 12.5 Å². The minimum absolute atomic E-state index is 0.795. The van der Waals surface area contributed by atoms with Crippen molar-refractivity contribution in [2.75, 3.05) is 26.2 Å². The maximum atomic E-state index is 3.89. The highest BCUT2D eigenvalue weighted by atomic mass is 15.2. The fourth-order valence-electron chi connectivity index (χ4n) is 2.40. The van der Waals surface area contributed by atoms with Crippen molar-refractivity contribution in [3.63, 3.8) is 0 Å². The molecule has 1 N–H and O–H groups in total. The summed E-state index contributed by atoms with van der Waals surface area (Å²) in [6.45, 7) is 11.1. The zero-order valence-electron chi connectivity index (χ0n) is 10.3. The van der Waals surface area contributed by atoms with Crippen LogP contribution in [0.5, 0.6) is 0 Å². The van der Waals surface area contributed by atoms with E-state index in [2.05, 4.69) is 24.1 Å². The standard InChI is InChI=1S/C13H27N2/c1-3-5-6-7-8-13-12-14-9-11-15(13)10-4-2/h13-14H,1,3-12H2,2H3. The highest BCUT2D eigenvalue weighted by Gasteiger charge is 2.20. The Kier molecular flexibility index (Phi) is 7.03. The van der Waals surface area contributed by atoms with E-state index < -0.39 is 0 Å². The molecule has 0 amide bonds. The summed E-state index contributed by atoms with van der Waals surface area (Å²) in [4.78, 5) is 2.67. The van der Waals surface area contributed by atoms with Crippen molar-refractivity contribution in [1.29, 1.82) is 0 Å². The predicted molar refractivity (Wildman–Crippen MR) is 67.0 cm³/mol. The second-order valence-electron chi connectivity index (χ2n) is 4.60. The van der Waals surface area contributed by atoms with Crippen LogP contribution in [0.2, 0.25) is 0 Å². The molecule has 1 heterocycles. The number of unbranched alkanes of at least 4 members (excludes halogenated alkanes) is 3. The first-order valence-corrected chi connectivity index (χ1v) is 6.62. The molecule has 0 aromatic carbocycles. The molecule has 15 heavy (non-hydrogen) atoms. The van der Waals surface area contributed by atoms with Crippen molar-refractivity contribution in [3.05, 3.63) is 6.92 Å². The minimum atomic E-state index is 0.795. The lowest BCUT2D eigenvalue weighted by atomic mass is 10.0. The zero-order valence-corrected chi connectivity index (χ0v) is 10.3. The van der Waals surface area contributed by atoms with E-state index in [1.54, 1.807) is 0 Å². The van der Waals surface area contributed by atoms with Gasteiger partial charge in [0, 0.05) is 25.7 Å². The molecule has 1 atom stereocenters. The van der Waals surface area contributed by atoms with Gasteiger partial charge in [-0.15, -0.1) is 0 Å². The Labute approximate surface area is 95.4 Å². The fourth-order valence-corrected chi connectivity index (χ4v) is 2.40. The summed E-state index contributed by atoms with van der Waals surface area (Å²) in [5.74, 6) is 0. The number of nitrogens with one attached hydrogen (secondary N) is 1. The van der Waals surface area contributed by atoms with Crippen LogP contribution in [0.4, 0.5) is 0 Å². The maximum Gasteiger partial charge on any atom is 0.0221 e. The molecule has 1 fully saturated rings. The Bertz CT molecular complexity index is 145. The first kappa shape index (κ1) is 13.0. The highest BCUT2D eigenvalue weighted by Crippen LogP contribution is 2.13. The predicted octanol–water partition coefficient (Wildman–Crippen LogP) is 2.45. The second kappa shape index (κ2) is 8.12. The van der Waals surface area contributed by atoms with Crippen LogP contribution >= 0.6 is 0 Å². The summed E-state index contributed by atoms with van der Waals surface area (Å²) >= 11 is 0. The fraction of sp³-hybridized carbons (Fsp3) is 0.923. The van der Waals surface area contributed by atoms with Crippen LogP contribution in [-0.4, -0.2) is 37.1 Å². The maximum absolute atomic E-state index is 3.89. The Morgan fingerprint density at radius 1 is 1.33 bits per heavy atom. The van der Waals surface area contributed by atoms with Gasteiger partial charge in [0.25, 0.3) is 0 Å². The molecule has 1 rings (SSSR count). The summed E-state index contributed by atoms with van der Waals surface area (Å²) in [6, 6.07) is 0.795. The third-order valence-corrected chi connectivity index (χ3v) is 3.27. The van der Waals surface area contributed by atoms with E-state index >= 15 is 0 Å². The van der Waals surface area contributed by atoms with Gasteiger partial charge in [0.05, 0.1) is 0 Å². The molecule has 0 bridgehead atoms. The van der Waals surface area contributed by atoms with Gasteiger partial charge < -0.3 is 5.32 Å². The van der Waals surface area contributed by atoms with Gasteiger partial charge in [0.1, 0.15) is 0 Å². The topological polar surface area (TPSA) is 15.3 Å². The van der Waals surface area contributed by atoms with Crippen LogP contribution in [0.3, 0.4) is 0 Å². The molecule has 0 saturated carbocycles. The Morgan fingerprint density at radius 2 is 2.20 bits per heavy atom. The van der Waals surface area contributed by atoms with Gasteiger partial charge >= 0.3 is 0 Å². The average Bonchev–Trinajstić information content (AvgIpc) is 2.27. The molecule has 2 heteroatoms. The third kappa shape index (κ3) is 4.98. The molecule has 1 saturated heterocycles. The number of hydrogen-bond donors (Lipinski definition) is 1. The van der Waals surface area contributed by atoms with Crippen molar-refractivity contribution in [3.8, 4) is 0 Å². The molecule has 1 aliphatic rings. The summed E-state index contributed by atoms with van der Waals surface area (Å²) < 4.78 is 0. The van der Waals surface area contributed by atoms with E-state index in [-0.39, 0.29) is 0 Å². The molecule has 0 aromatic rings. The van der Waals surface area contributed by atoms with Crippen LogP contribution in [0.25, 0.3) is 0 Å². The molecular formula is C13H27N2. The number of nitrogens with zero attached hydrogens (tertiary/aromatic N) is 1. The molecule has 0 aromatic heterocycles. The lowest BCUT2D eigenvalue weighted by Gasteiger charge is -2.36. The molecule has 0 aliphatic carbocycles. The van der Waals surface area contributed by atoms with Crippen LogP contribution in [-0.2, 0) is 0 Å². The van der Waals surface area contributed by atoms with Crippen LogP contribution in [0, 0.1) is 6.92 Å². The van der Waals surface area contributed by atoms with Gasteiger partial charge in [0.2, 0.25) is 0 Å². The summed E-state index contributed by atoms with van der Waals surface area (Å²) in [6.07, 6.45) is 7.79. The van der Waals surface area contributed by atoms with Gasteiger partial charge in [0.15, 0.2) is 0 Å². The Balaban J connectivity index is 2.17. The Morgan fingerprint density at radius 3 is 2.93 bits per heavy atom. The van der Waals surface area contributed by atoms with E-state index in [4.69, 9.17) is 0 Å². The minimum Gasteiger partial charge on any atom is -0.314 e. The number of hydrogen-bond acceptors (Lipinski definition) is 2. The van der Waals surface area contributed by atoms with Gasteiger partial charge in [-0.05, 0) is 19.4 Å². The second-order valence-corrected chi connectivity index (χ2v) is 4.60. The van der Waals surface area contributed by atoms with Gasteiger partial charge in [-0.2, -0.15) is 0 Å². The Hall–Kier alpha value is -0.0800. The molecular weight excluding hydrogens is 184 g/mol. The van der Waals surface area contributed by atoms with Crippen molar-refractivity contribution in [1.82, 2.24) is 10.2 Å². The normalized spacial score (nSPS) is 23.2.